The molecule has 1 heterocycles. The summed E-state index contributed by atoms with van der Waals surface area (Å²) in [4.78, 5) is 24.5. The fourth-order valence-electron chi connectivity index (χ4n) is 5.07. The van der Waals surface area contributed by atoms with Gasteiger partial charge in [-0.15, -0.1) is 13.2 Å². The summed E-state index contributed by atoms with van der Waals surface area (Å²) in [6.45, 7) is 18.9. The Kier molecular flexibility index (Phi) is 10.2. The molecule has 1 fully saturated rings. The van der Waals surface area contributed by atoms with Crippen molar-refractivity contribution >= 4 is 11.8 Å². The van der Waals surface area contributed by atoms with Crippen LogP contribution in [0.15, 0.2) is 60.2 Å². The van der Waals surface area contributed by atoms with Gasteiger partial charge in [0.2, 0.25) is 6.79 Å². The van der Waals surface area contributed by atoms with Crippen molar-refractivity contribution in [2.24, 2.45) is 17.3 Å². The molecule has 7 nitrogen and oxygen atoms in total. The van der Waals surface area contributed by atoms with Crippen LogP contribution in [-0.2, 0) is 25.5 Å². The molecule has 1 saturated carbocycles. The predicted octanol–water partition coefficient (Wildman–Crippen LogP) is 6.17. The third-order valence-corrected chi connectivity index (χ3v) is 7.42. The van der Waals surface area contributed by atoms with E-state index in [1.807, 2.05) is 39.0 Å². The van der Waals surface area contributed by atoms with Gasteiger partial charge in [0.1, 0.15) is 18.5 Å². The minimum atomic E-state index is -0.390. The van der Waals surface area contributed by atoms with E-state index in [9.17, 15) is 9.59 Å². The largest absolute Gasteiger partial charge is 0.491 e. The highest BCUT2D eigenvalue weighted by Crippen LogP contribution is 2.60. The lowest BCUT2D eigenvalue weighted by Crippen LogP contribution is -2.20. The van der Waals surface area contributed by atoms with Gasteiger partial charge in [0.25, 0.3) is 0 Å². The molecule has 0 amide bonds. The van der Waals surface area contributed by atoms with Crippen LogP contribution in [0.25, 0.3) is 0 Å². The van der Waals surface area contributed by atoms with E-state index >= 15 is 0 Å². The standard InChI is InChI=1S/C19H26O3.C13H16O4/c1-7-8-13-12(4)16(10-15(13)20)22-18(21)17-14(9-11(2)3)19(17,5)6;1-3-4-10-7-12-13(17-9-16-12)8-11(10)15-6-5-14-2/h7,9,14,16-17H,1,8,10H2,2-6H3;3,7-8H,1,4-6,9H2,2H3/t14-,16?,17+;/m1./s1. The summed E-state index contributed by atoms with van der Waals surface area (Å²) in [5, 5.41) is 0. The number of hydrogen-bond donors (Lipinski definition) is 0. The van der Waals surface area contributed by atoms with Crippen LogP contribution in [0.4, 0.5) is 0 Å². The molecule has 3 atom stereocenters. The smallest absolute Gasteiger partial charge is 0.310 e. The molecule has 39 heavy (non-hydrogen) atoms. The summed E-state index contributed by atoms with van der Waals surface area (Å²) in [6.07, 6.45) is 6.88. The summed E-state index contributed by atoms with van der Waals surface area (Å²) in [5.74, 6) is 2.32. The number of rotatable bonds is 11. The lowest BCUT2D eigenvalue weighted by molar-refractivity contribution is -0.150. The molecule has 7 heteroatoms. The van der Waals surface area contributed by atoms with Crippen LogP contribution in [0, 0.1) is 17.3 Å². The number of carbonyl (C=O) groups is 2. The van der Waals surface area contributed by atoms with Crippen LogP contribution in [0.2, 0.25) is 0 Å². The van der Waals surface area contributed by atoms with Crippen molar-refractivity contribution in [3.63, 3.8) is 0 Å². The molecule has 0 bridgehead atoms. The van der Waals surface area contributed by atoms with Crippen LogP contribution in [0.3, 0.4) is 0 Å². The zero-order valence-electron chi connectivity index (χ0n) is 24.1. The van der Waals surface area contributed by atoms with Crippen LogP contribution >= 0.6 is 0 Å². The lowest BCUT2D eigenvalue weighted by Gasteiger charge is -2.13. The molecule has 0 spiro atoms. The molecular weight excluding hydrogens is 496 g/mol. The van der Waals surface area contributed by atoms with E-state index in [2.05, 4.69) is 33.1 Å². The SMILES string of the molecule is C=CCC1=C(C)C(OC(=O)[C@@H]2[C@@H](C=C(C)C)C2(C)C)CC1=O.C=CCc1cc2c(cc1OCCOC)OCO2. The van der Waals surface area contributed by atoms with Gasteiger partial charge in [-0.25, -0.2) is 0 Å². The van der Waals surface area contributed by atoms with Gasteiger partial charge < -0.3 is 23.7 Å². The van der Waals surface area contributed by atoms with Crippen molar-refractivity contribution < 1.29 is 33.3 Å². The number of carbonyl (C=O) groups excluding carboxylic acids is 2. The molecule has 0 saturated heterocycles. The number of ketones is 1. The van der Waals surface area contributed by atoms with Crippen LogP contribution in [0.5, 0.6) is 17.2 Å². The van der Waals surface area contributed by atoms with Crippen LogP contribution < -0.4 is 14.2 Å². The van der Waals surface area contributed by atoms with E-state index in [0.717, 1.165) is 40.4 Å². The van der Waals surface area contributed by atoms with Gasteiger partial charge in [0.15, 0.2) is 17.3 Å². The first-order valence-electron chi connectivity index (χ1n) is 13.4. The van der Waals surface area contributed by atoms with Gasteiger partial charge in [-0.05, 0) is 56.6 Å². The summed E-state index contributed by atoms with van der Waals surface area (Å²) in [6, 6.07) is 3.79. The summed E-state index contributed by atoms with van der Waals surface area (Å²) >= 11 is 0. The number of benzene rings is 1. The molecule has 1 unspecified atom stereocenters. The molecule has 0 N–H and O–H groups in total. The molecular formula is C32H42O7. The van der Waals surface area contributed by atoms with Gasteiger partial charge in [-0.1, -0.05) is 37.6 Å². The molecule has 0 radical (unpaired) electrons. The van der Waals surface area contributed by atoms with Crippen LogP contribution in [-0.4, -0.2) is 45.0 Å². The Morgan fingerprint density at radius 1 is 1.10 bits per heavy atom. The molecule has 1 aliphatic heterocycles. The Balaban J connectivity index is 0.000000223. The quantitative estimate of drug-likeness (QED) is 0.189. The van der Waals surface area contributed by atoms with Crippen molar-refractivity contribution in [2.75, 3.05) is 27.1 Å². The second-order valence-corrected chi connectivity index (χ2v) is 10.9. The average molecular weight is 539 g/mol. The van der Waals surface area contributed by atoms with Crippen molar-refractivity contribution in [1.82, 2.24) is 0 Å². The van der Waals surface area contributed by atoms with Crippen molar-refractivity contribution in [3.8, 4) is 17.2 Å². The molecule has 3 aliphatic rings. The summed E-state index contributed by atoms with van der Waals surface area (Å²) in [7, 11) is 1.65. The Hall–Kier alpha value is -3.32. The number of Topliss-reactive ketones (excluding diaryl/α,β-unsaturated/α-hetero) is 1. The van der Waals surface area contributed by atoms with Crippen molar-refractivity contribution in [1.29, 1.82) is 0 Å². The van der Waals surface area contributed by atoms with Gasteiger partial charge >= 0.3 is 5.97 Å². The third kappa shape index (κ3) is 7.21. The molecule has 4 rings (SSSR count). The highest BCUT2D eigenvalue weighted by Gasteiger charge is 2.61. The number of hydrogen-bond acceptors (Lipinski definition) is 7. The molecule has 212 valence electrons. The third-order valence-electron chi connectivity index (χ3n) is 7.42. The van der Waals surface area contributed by atoms with Crippen molar-refractivity contribution in [3.05, 3.63) is 65.8 Å². The minimum Gasteiger partial charge on any atom is -0.491 e. The maximum absolute atomic E-state index is 12.5. The maximum atomic E-state index is 12.5. The summed E-state index contributed by atoms with van der Waals surface area (Å²) < 4.78 is 26.9. The summed E-state index contributed by atoms with van der Waals surface area (Å²) in [5.41, 5.74) is 3.84. The number of ether oxygens (including phenoxy) is 5. The van der Waals surface area contributed by atoms with Crippen molar-refractivity contribution in [2.45, 2.75) is 60.0 Å². The first-order chi connectivity index (χ1) is 18.5. The van der Waals surface area contributed by atoms with E-state index in [1.165, 1.54) is 5.57 Å². The number of methoxy groups -OCH3 is 1. The van der Waals surface area contributed by atoms with Gasteiger partial charge in [-0.2, -0.15) is 0 Å². The highest BCUT2D eigenvalue weighted by atomic mass is 16.7. The molecule has 0 aromatic heterocycles. The molecule has 2 aliphatic carbocycles. The number of fused-ring (bicyclic) bond motifs is 1. The topological polar surface area (TPSA) is 80.3 Å². The van der Waals surface area contributed by atoms with E-state index < -0.39 is 6.10 Å². The highest BCUT2D eigenvalue weighted by molar-refractivity contribution is 6.00. The van der Waals surface area contributed by atoms with E-state index in [-0.39, 0.29) is 42.2 Å². The monoisotopic (exact) mass is 538 g/mol. The Bertz CT molecular complexity index is 1150. The zero-order valence-corrected chi connectivity index (χ0v) is 24.1. The zero-order chi connectivity index (χ0) is 28.7. The molecule has 1 aromatic rings. The second kappa shape index (κ2) is 13.2. The van der Waals surface area contributed by atoms with E-state index in [0.29, 0.717) is 19.6 Å². The Labute approximate surface area is 232 Å². The Morgan fingerprint density at radius 2 is 1.77 bits per heavy atom. The van der Waals surface area contributed by atoms with Crippen LogP contribution in [0.1, 0.15) is 53.0 Å². The average Bonchev–Trinajstić information content (AvgIpc) is 3.14. The van der Waals surface area contributed by atoms with Gasteiger partial charge in [0, 0.05) is 24.3 Å². The number of esters is 1. The van der Waals surface area contributed by atoms with Gasteiger partial charge in [0.05, 0.1) is 18.9 Å². The van der Waals surface area contributed by atoms with E-state index in [4.69, 9.17) is 23.7 Å². The van der Waals surface area contributed by atoms with E-state index in [1.54, 1.807) is 13.2 Å². The minimum absolute atomic E-state index is 0.0570. The fraction of sp³-hybridized carbons (Fsp3) is 0.500. The Morgan fingerprint density at radius 3 is 2.38 bits per heavy atom. The second-order valence-electron chi connectivity index (χ2n) is 10.9. The van der Waals surface area contributed by atoms with Gasteiger partial charge in [-0.3, -0.25) is 9.59 Å². The first-order valence-corrected chi connectivity index (χ1v) is 13.4. The fourth-order valence-corrected chi connectivity index (χ4v) is 5.07. The normalized spacial score (nSPS) is 22.0. The number of allylic oxidation sites excluding steroid dienone is 5. The first kappa shape index (κ1) is 30.2. The molecule has 1 aromatic carbocycles. The maximum Gasteiger partial charge on any atom is 0.310 e. The lowest BCUT2D eigenvalue weighted by atomic mass is 10.1. The predicted molar refractivity (Wildman–Crippen MR) is 151 cm³/mol.